The number of piperidine rings is 1. The van der Waals surface area contributed by atoms with E-state index in [1.807, 2.05) is 0 Å². The van der Waals surface area contributed by atoms with Crippen molar-refractivity contribution in [3.63, 3.8) is 0 Å². The Morgan fingerprint density at radius 1 is 1.41 bits per heavy atom. The van der Waals surface area contributed by atoms with Gasteiger partial charge < -0.3 is 5.11 Å². The summed E-state index contributed by atoms with van der Waals surface area (Å²) in [6, 6.07) is 1.25. The first-order valence-electron chi connectivity index (χ1n) is 4.97. The van der Waals surface area contributed by atoms with Crippen LogP contribution in [0.1, 0.15) is 34.9 Å². The second-order valence-corrected chi connectivity index (χ2v) is 3.64. The topological polar surface area (TPSA) is 109 Å². The summed E-state index contributed by atoms with van der Waals surface area (Å²) < 4.78 is 0. The lowest BCUT2D eigenvalue weighted by atomic mass is 9.94. The Morgan fingerprint density at radius 2 is 2.18 bits per heavy atom. The maximum Gasteiger partial charge on any atom is 0.354 e. The Bertz CT molecular complexity index is 500. The van der Waals surface area contributed by atoms with E-state index in [0.717, 1.165) is 6.33 Å². The highest BCUT2D eigenvalue weighted by Gasteiger charge is 2.29. The minimum atomic E-state index is -1.18. The number of aromatic nitrogens is 2. The van der Waals surface area contributed by atoms with Crippen LogP contribution >= 0.6 is 0 Å². The number of nitrogens with zero attached hydrogens (tertiary/aromatic N) is 2. The van der Waals surface area contributed by atoms with Crippen LogP contribution in [0.4, 0.5) is 0 Å². The van der Waals surface area contributed by atoms with Crippen molar-refractivity contribution < 1.29 is 19.5 Å². The van der Waals surface area contributed by atoms with Gasteiger partial charge in [0.2, 0.25) is 11.8 Å². The molecule has 1 saturated heterocycles. The summed E-state index contributed by atoms with van der Waals surface area (Å²) in [7, 11) is 0. The number of rotatable bonds is 2. The maximum atomic E-state index is 11.5. The van der Waals surface area contributed by atoms with E-state index in [1.54, 1.807) is 0 Å². The molecule has 17 heavy (non-hydrogen) atoms. The van der Waals surface area contributed by atoms with Crippen LogP contribution in [0.25, 0.3) is 0 Å². The molecule has 1 aromatic rings. The predicted molar refractivity (Wildman–Crippen MR) is 54.1 cm³/mol. The van der Waals surface area contributed by atoms with Crippen LogP contribution in [-0.4, -0.2) is 32.9 Å². The molecule has 7 nitrogen and oxygen atoms in total. The van der Waals surface area contributed by atoms with Gasteiger partial charge in [-0.25, -0.2) is 14.8 Å². The van der Waals surface area contributed by atoms with E-state index in [9.17, 15) is 14.4 Å². The van der Waals surface area contributed by atoms with Gasteiger partial charge in [0, 0.05) is 6.42 Å². The van der Waals surface area contributed by atoms with Gasteiger partial charge in [0.1, 0.15) is 6.33 Å². The number of carbonyl (C=O) groups is 3. The molecular formula is C10H9N3O4. The molecule has 2 N–H and O–H groups in total. The Balaban J connectivity index is 2.28. The first-order chi connectivity index (χ1) is 8.08. The second kappa shape index (κ2) is 4.28. The molecule has 2 rings (SSSR count). The summed E-state index contributed by atoms with van der Waals surface area (Å²) >= 11 is 0. The van der Waals surface area contributed by atoms with E-state index in [4.69, 9.17) is 5.11 Å². The zero-order chi connectivity index (χ0) is 12.4. The van der Waals surface area contributed by atoms with E-state index >= 15 is 0 Å². The predicted octanol–water partition coefficient (Wildman–Crippen LogP) is -0.305. The van der Waals surface area contributed by atoms with E-state index < -0.39 is 17.8 Å². The third-order valence-electron chi connectivity index (χ3n) is 2.50. The fourth-order valence-corrected chi connectivity index (χ4v) is 1.66. The van der Waals surface area contributed by atoms with Crippen molar-refractivity contribution in [1.29, 1.82) is 0 Å². The van der Waals surface area contributed by atoms with Crippen LogP contribution in [0.5, 0.6) is 0 Å². The Labute approximate surface area is 95.9 Å². The Hall–Kier alpha value is -2.31. The molecule has 2 amide bonds. The second-order valence-electron chi connectivity index (χ2n) is 3.64. The van der Waals surface area contributed by atoms with Gasteiger partial charge in [-0.3, -0.25) is 14.9 Å². The lowest BCUT2D eigenvalue weighted by molar-refractivity contribution is -0.134. The van der Waals surface area contributed by atoms with E-state index in [1.165, 1.54) is 6.07 Å². The van der Waals surface area contributed by atoms with Crippen molar-refractivity contribution in [2.45, 2.75) is 18.8 Å². The zero-order valence-electron chi connectivity index (χ0n) is 8.71. The Kier molecular flexibility index (Phi) is 2.82. The fraction of sp³-hybridized carbons (Fsp3) is 0.300. The fourth-order valence-electron chi connectivity index (χ4n) is 1.66. The molecule has 1 fully saturated rings. The van der Waals surface area contributed by atoms with Gasteiger partial charge in [-0.1, -0.05) is 0 Å². The van der Waals surface area contributed by atoms with Gasteiger partial charge in [0.15, 0.2) is 5.69 Å². The lowest BCUT2D eigenvalue weighted by Gasteiger charge is -2.19. The highest BCUT2D eigenvalue weighted by molar-refractivity contribution is 6.00. The molecule has 0 aliphatic carbocycles. The number of imide groups is 1. The third-order valence-corrected chi connectivity index (χ3v) is 2.50. The third kappa shape index (κ3) is 2.27. The molecule has 1 unspecified atom stereocenters. The van der Waals surface area contributed by atoms with Crippen LogP contribution in [0, 0.1) is 0 Å². The van der Waals surface area contributed by atoms with E-state index in [2.05, 4.69) is 15.3 Å². The van der Waals surface area contributed by atoms with Gasteiger partial charge in [-0.15, -0.1) is 0 Å². The van der Waals surface area contributed by atoms with Crippen LogP contribution in [0.15, 0.2) is 12.4 Å². The molecule has 0 bridgehead atoms. The molecule has 0 saturated carbocycles. The van der Waals surface area contributed by atoms with Crippen LogP contribution in [-0.2, 0) is 9.59 Å². The summed E-state index contributed by atoms with van der Waals surface area (Å²) in [4.78, 5) is 40.7. The minimum absolute atomic E-state index is 0.167. The largest absolute Gasteiger partial charge is 0.477 e. The number of amides is 2. The maximum absolute atomic E-state index is 11.5. The number of hydrogen-bond donors (Lipinski definition) is 2. The SMILES string of the molecule is O=C1CCC(c2cc(C(=O)O)ncn2)C(=O)N1. The van der Waals surface area contributed by atoms with Gasteiger partial charge in [-0.05, 0) is 12.5 Å². The number of hydrogen-bond acceptors (Lipinski definition) is 5. The molecule has 2 heterocycles. The summed E-state index contributed by atoms with van der Waals surface area (Å²) in [6.07, 6.45) is 1.66. The molecule has 0 spiro atoms. The molecule has 1 aliphatic heterocycles. The average Bonchev–Trinajstić information content (AvgIpc) is 2.29. The van der Waals surface area contributed by atoms with Crippen LogP contribution < -0.4 is 5.32 Å². The smallest absolute Gasteiger partial charge is 0.354 e. The van der Waals surface area contributed by atoms with Crippen molar-refractivity contribution >= 4 is 17.8 Å². The lowest BCUT2D eigenvalue weighted by Crippen LogP contribution is -2.39. The number of carboxylic acid groups (broad SMARTS) is 1. The van der Waals surface area contributed by atoms with Gasteiger partial charge >= 0.3 is 5.97 Å². The van der Waals surface area contributed by atoms with Crippen molar-refractivity contribution in [3.8, 4) is 0 Å². The van der Waals surface area contributed by atoms with E-state index in [0.29, 0.717) is 12.1 Å². The zero-order valence-corrected chi connectivity index (χ0v) is 8.71. The molecule has 1 aromatic heterocycles. The molecule has 1 atom stereocenters. The van der Waals surface area contributed by atoms with Crippen molar-refractivity contribution in [3.05, 3.63) is 23.8 Å². The standard InChI is InChI=1S/C10H9N3O4/c14-8-2-1-5(9(15)13-8)6-3-7(10(16)17)12-4-11-6/h3-5H,1-2H2,(H,16,17)(H,13,14,15). The normalized spacial score (nSPS) is 19.9. The number of carbonyl (C=O) groups excluding carboxylic acids is 2. The number of nitrogens with one attached hydrogen (secondary N) is 1. The van der Waals surface area contributed by atoms with Gasteiger partial charge in [0.05, 0.1) is 11.6 Å². The van der Waals surface area contributed by atoms with Gasteiger partial charge in [-0.2, -0.15) is 0 Å². The van der Waals surface area contributed by atoms with E-state index in [-0.39, 0.29) is 18.0 Å². The molecule has 0 radical (unpaired) electrons. The summed E-state index contributed by atoms with van der Waals surface area (Å²) in [5.41, 5.74) is 0.155. The number of carboxylic acids is 1. The minimum Gasteiger partial charge on any atom is -0.477 e. The first-order valence-corrected chi connectivity index (χ1v) is 4.97. The molecule has 88 valence electrons. The monoisotopic (exact) mass is 235 g/mol. The summed E-state index contributed by atoms with van der Waals surface area (Å²) in [5.74, 6) is -2.54. The molecule has 7 heteroatoms. The summed E-state index contributed by atoms with van der Waals surface area (Å²) in [5, 5.41) is 11.0. The van der Waals surface area contributed by atoms with Crippen molar-refractivity contribution in [2.24, 2.45) is 0 Å². The van der Waals surface area contributed by atoms with Crippen molar-refractivity contribution in [1.82, 2.24) is 15.3 Å². The Morgan fingerprint density at radius 3 is 2.82 bits per heavy atom. The highest BCUT2D eigenvalue weighted by Crippen LogP contribution is 2.22. The van der Waals surface area contributed by atoms with Gasteiger partial charge in [0.25, 0.3) is 0 Å². The first kappa shape index (κ1) is 11.2. The molecule has 0 aromatic carbocycles. The molecule has 1 aliphatic rings. The quantitative estimate of drug-likeness (QED) is 0.681. The average molecular weight is 235 g/mol. The van der Waals surface area contributed by atoms with Crippen molar-refractivity contribution in [2.75, 3.05) is 0 Å². The number of aromatic carboxylic acids is 1. The van der Waals surface area contributed by atoms with Crippen LogP contribution in [0.2, 0.25) is 0 Å². The summed E-state index contributed by atoms with van der Waals surface area (Å²) in [6.45, 7) is 0. The van der Waals surface area contributed by atoms with Crippen LogP contribution in [0.3, 0.4) is 0 Å². The molecular weight excluding hydrogens is 226 g/mol. The highest BCUT2D eigenvalue weighted by atomic mass is 16.4.